The summed E-state index contributed by atoms with van der Waals surface area (Å²) in [4.78, 5) is 16.3. The average Bonchev–Trinajstić information content (AvgIpc) is 3.20. The number of hydrogen-bond acceptors (Lipinski definition) is 3. The van der Waals surface area contributed by atoms with Gasteiger partial charge in [0.1, 0.15) is 0 Å². The Kier molecular flexibility index (Phi) is 3.89. The highest BCUT2D eigenvalue weighted by Crippen LogP contribution is 2.38. The lowest BCUT2D eigenvalue weighted by atomic mass is 9.94. The van der Waals surface area contributed by atoms with E-state index in [1.807, 2.05) is 6.92 Å². The number of rotatable bonds is 2. The third-order valence-electron chi connectivity index (χ3n) is 4.80. The van der Waals surface area contributed by atoms with E-state index >= 15 is 0 Å². The predicted octanol–water partition coefficient (Wildman–Crippen LogP) is 3.14. The second-order valence-corrected chi connectivity index (χ2v) is 7.76. The van der Waals surface area contributed by atoms with Gasteiger partial charge in [0.25, 0.3) is 0 Å². The van der Waals surface area contributed by atoms with Crippen LogP contribution in [0.5, 0.6) is 0 Å². The molecule has 0 unspecified atom stereocenters. The first-order chi connectivity index (χ1) is 11.2. The maximum Gasteiger partial charge on any atom is 0.236 e. The number of likely N-dealkylation sites (tertiary alicyclic amines) is 1. The molecule has 2 aromatic rings. The van der Waals surface area contributed by atoms with Crippen molar-refractivity contribution in [2.24, 2.45) is 0 Å². The number of piperidine rings is 1. The number of thioether (sulfide) groups is 1. The Morgan fingerprint density at radius 1 is 1.39 bits per heavy atom. The molecule has 2 atom stereocenters. The van der Waals surface area contributed by atoms with Crippen molar-refractivity contribution >= 4 is 17.7 Å². The number of carbonyl (C=O) groups excluding carboxylic acids is 1. The highest BCUT2D eigenvalue weighted by molar-refractivity contribution is 8.01. The van der Waals surface area contributed by atoms with Gasteiger partial charge >= 0.3 is 0 Å². The highest BCUT2D eigenvalue weighted by Gasteiger charge is 2.34. The molecule has 1 N–H and O–H groups in total. The normalized spacial score (nSPS) is 23.8. The summed E-state index contributed by atoms with van der Waals surface area (Å²) in [5.74, 6) is 0.662. The van der Waals surface area contributed by atoms with Crippen LogP contribution in [0, 0.1) is 6.92 Å². The molecule has 1 aromatic heterocycles. The van der Waals surface area contributed by atoms with E-state index < -0.39 is 0 Å². The molecule has 2 aliphatic rings. The van der Waals surface area contributed by atoms with Gasteiger partial charge in [-0.25, -0.2) is 0 Å². The smallest absolute Gasteiger partial charge is 0.236 e. The van der Waals surface area contributed by atoms with E-state index in [0.717, 1.165) is 43.7 Å². The Labute approximate surface area is 140 Å². The van der Waals surface area contributed by atoms with E-state index in [0.29, 0.717) is 11.8 Å². The zero-order valence-electron chi connectivity index (χ0n) is 13.3. The van der Waals surface area contributed by atoms with Gasteiger partial charge in [-0.05, 0) is 43.9 Å². The van der Waals surface area contributed by atoms with Crippen LogP contribution < -0.4 is 0 Å². The van der Waals surface area contributed by atoms with Gasteiger partial charge in [0, 0.05) is 29.6 Å². The molecule has 1 aromatic carbocycles. The Morgan fingerprint density at radius 2 is 2.26 bits per heavy atom. The van der Waals surface area contributed by atoms with Crippen LogP contribution in [0.15, 0.2) is 35.2 Å². The molecule has 1 fully saturated rings. The van der Waals surface area contributed by atoms with E-state index in [2.05, 4.69) is 45.4 Å². The van der Waals surface area contributed by atoms with Crippen molar-refractivity contribution in [1.29, 1.82) is 0 Å². The lowest BCUT2D eigenvalue weighted by Crippen LogP contribution is -2.43. The maximum atomic E-state index is 12.9. The third-order valence-corrected chi connectivity index (χ3v) is 6.10. The van der Waals surface area contributed by atoms with Crippen molar-refractivity contribution < 1.29 is 4.79 Å². The predicted molar refractivity (Wildman–Crippen MR) is 91.7 cm³/mol. The lowest BCUT2D eigenvalue weighted by molar-refractivity contribution is -0.131. The summed E-state index contributed by atoms with van der Waals surface area (Å²) in [6.07, 6.45) is 3.04. The first-order valence-corrected chi connectivity index (χ1v) is 9.14. The van der Waals surface area contributed by atoms with Crippen molar-refractivity contribution in [3.05, 3.63) is 47.3 Å². The minimum Gasteiger partial charge on any atom is -0.341 e. The van der Waals surface area contributed by atoms with Gasteiger partial charge < -0.3 is 4.90 Å². The number of aromatic nitrogens is 2. The largest absolute Gasteiger partial charge is 0.341 e. The molecule has 1 saturated heterocycles. The Bertz CT molecular complexity index is 702. The summed E-state index contributed by atoms with van der Waals surface area (Å²) < 4.78 is 0. The number of hydrogen-bond donors (Lipinski definition) is 1. The molecular formula is C18H21N3OS. The average molecular weight is 327 g/mol. The molecule has 0 saturated carbocycles. The molecular weight excluding hydrogens is 306 g/mol. The summed E-state index contributed by atoms with van der Waals surface area (Å²) in [5.41, 5.74) is 3.50. The minimum atomic E-state index is 0.0482. The van der Waals surface area contributed by atoms with E-state index in [4.69, 9.17) is 0 Å². The van der Waals surface area contributed by atoms with Crippen molar-refractivity contribution in [3.8, 4) is 0 Å². The van der Waals surface area contributed by atoms with Gasteiger partial charge in [-0.2, -0.15) is 5.10 Å². The Balaban J connectivity index is 1.45. The zero-order chi connectivity index (χ0) is 15.8. The number of nitrogens with zero attached hydrogens (tertiary/aromatic N) is 2. The van der Waals surface area contributed by atoms with Crippen LogP contribution in [0.25, 0.3) is 0 Å². The number of carbonyl (C=O) groups is 1. The minimum absolute atomic E-state index is 0.0482. The molecule has 0 bridgehead atoms. The number of nitrogens with one attached hydrogen (secondary N) is 1. The van der Waals surface area contributed by atoms with E-state index in [9.17, 15) is 4.79 Å². The third kappa shape index (κ3) is 2.90. The van der Waals surface area contributed by atoms with Crippen molar-refractivity contribution in [1.82, 2.24) is 15.1 Å². The number of benzene rings is 1. The second-order valence-electron chi connectivity index (χ2n) is 6.52. The molecule has 120 valence electrons. The number of H-pyrrole nitrogens is 1. The molecule has 4 rings (SSSR count). The lowest BCUT2D eigenvalue weighted by Gasteiger charge is -2.33. The molecule has 0 aliphatic carbocycles. The van der Waals surface area contributed by atoms with Crippen LogP contribution in [0.3, 0.4) is 0 Å². The fourth-order valence-electron chi connectivity index (χ4n) is 3.59. The van der Waals surface area contributed by atoms with Gasteiger partial charge in [-0.1, -0.05) is 18.2 Å². The molecule has 5 heteroatoms. The van der Waals surface area contributed by atoms with Crippen LogP contribution in [0.1, 0.15) is 35.7 Å². The topological polar surface area (TPSA) is 49.0 Å². The summed E-state index contributed by atoms with van der Waals surface area (Å²) in [5, 5.41) is 7.46. The van der Waals surface area contributed by atoms with Gasteiger partial charge in [-0.3, -0.25) is 9.89 Å². The first-order valence-electron chi connectivity index (χ1n) is 8.26. The first kappa shape index (κ1) is 14.8. The summed E-state index contributed by atoms with van der Waals surface area (Å²) in [6, 6.07) is 10.5. The van der Waals surface area contributed by atoms with Crippen molar-refractivity contribution in [2.75, 3.05) is 13.1 Å². The number of aryl methyl sites for hydroxylation is 1. The number of fused-ring (bicyclic) bond motifs is 1. The van der Waals surface area contributed by atoms with E-state index in [1.54, 1.807) is 11.8 Å². The van der Waals surface area contributed by atoms with Gasteiger partial charge in [-0.15, -0.1) is 11.8 Å². The van der Waals surface area contributed by atoms with Crippen LogP contribution in [0.4, 0.5) is 0 Å². The summed E-state index contributed by atoms with van der Waals surface area (Å²) in [7, 11) is 0. The van der Waals surface area contributed by atoms with Crippen LogP contribution in [0.2, 0.25) is 0 Å². The number of amides is 1. The van der Waals surface area contributed by atoms with Crippen LogP contribution in [-0.4, -0.2) is 39.3 Å². The molecule has 0 radical (unpaired) electrons. The quantitative estimate of drug-likeness (QED) is 0.922. The molecule has 23 heavy (non-hydrogen) atoms. The summed E-state index contributed by atoms with van der Waals surface area (Å²) in [6.45, 7) is 3.71. The van der Waals surface area contributed by atoms with Gasteiger partial charge in [0.2, 0.25) is 5.91 Å². The maximum absolute atomic E-state index is 12.9. The van der Waals surface area contributed by atoms with E-state index in [1.165, 1.54) is 10.5 Å². The fraction of sp³-hybridized carbons (Fsp3) is 0.444. The second kappa shape index (κ2) is 6.04. The van der Waals surface area contributed by atoms with Gasteiger partial charge in [0.05, 0.1) is 10.9 Å². The van der Waals surface area contributed by atoms with Crippen LogP contribution in [-0.2, 0) is 11.2 Å². The summed E-state index contributed by atoms with van der Waals surface area (Å²) >= 11 is 1.73. The zero-order valence-corrected chi connectivity index (χ0v) is 14.1. The van der Waals surface area contributed by atoms with E-state index in [-0.39, 0.29) is 5.25 Å². The standard InChI is InChI=1S/C18H21N3OS/c1-12-9-15(20-19-12)14-6-4-8-21(11-14)18(22)17-10-13-5-2-3-7-16(13)23-17/h2-3,5,7,9,14,17H,4,6,8,10-11H2,1H3,(H,19,20)/t14-,17-/m0/s1. The fourth-order valence-corrected chi connectivity index (χ4v) is 4.87. The SMILES string of the molecule is Cc1cc([C@H]2CCCN(C(=O)[C@@H]3Cc4ccccc4S3)C2)n[nH]1. The molecule has 2 aliphatic heterocycles. The molecule has 0 spiro atoms. The molecule has 4 nitrogen and oxygen atoms in total. The monoisotopic (exact) mass is 327 g/mol. The Morgan fingerprint density at radius 3 is 3.04 bits per heavy atom. The van der Waals surface area contributed by atoms with Crippen LogP contribution >= 0.6 is 11.8 Å². The Hall–Kier alpha value is -1.75. The number of aromatic amines is 1. The van der Waals surface area contributed by atoms with Gasteiger partial charge in [0.15, 0.2) is 0 Å². The van der Waals surface area contributed by atoms with Crippen molar-refractivity contribution in [2.45, 2.75) is 42.2 Å². The molecule has 1 amide bonds. The van der Waals surface area contributed by atoms with Crippen molar-refractivity contribution in [3.63, 3.8) is 0 Å². The molecule has 3 heterocycles. The highest BCUT2D eigenvalue weighted by atomic mass is 32.2.